The van der Waals surface area contributed by atoms with Crippen molar-refractivity contribution >= 4 is 44.9 Å². The van der Waals surface area contributed by atoms with Crippen LogP contribution in [0.1, 0.15) is 18.1 Å². The second-order valence-corrected chi connectivity index (χ2v) is 8.58. The van der Waals surface area contributed by atoms with Gasteiger partial charge in [-0.3, -0.25) is 4.79 Å². The van der Waals surface area contributed by atoms with Crippen molar-refractivity contribution in [2.45, 2.75) is 25.3 Å². The third-order valence-electron chi connectivity index (χ3n) is 4.68. The molecule has 0 aliphatic carbocycles. The van der Waals surface area contributed by atoms with Crippen LogP contribution in [0.5, 0.6) is 0 Å². The molecule has 1 N–H and O–H groups in total. The molecule has 0 aliphatic rings. The molecule has 4 nitrogen and oxygen atoms in total. The zero-order valence-electron chi connectivity index (χ0n) is 16.3. The second-order valence-electron chi connectivity index (χ2n) is 6.76. The lowest BCUT2D eigenvalue weighted by atomic mass is 10.1. The fourth-order valence-electron chi connectivity index (χ4n) is 3.06. The number of rotatable bonds is 6. The van der Waals surface area contributed by atoms with Crippen LogP contribution in [0.25, 0.3) is 21.3 Å². The quantitative estimate of drug-likeness (QED) is 0.309. The molecule has 4 rings (SSSR count). The first-order valence-electron chi connectivity index (χ1n) is 9.45. The highest BCUT2D eigenvalue weighted by Gasteiger charge is 2.15. The van der Waals surface area contributed by atoms with Crippen LogP contribution in [-0.2, 0) is 11.2 Å². The Morgan fingerprint density at radius 3 is 2.55 bits per heavy atom. The summed E-state index contributed by atoms with van der Waals surface area (Å²) in [6, 6.07) is 16.4. The molecule has 29 heavy (non-hydrogen) atoms. The van der Waals surface area contributed by atoms with E-state index in [4.69, 9.17) is 0 Å². The molecule has 0 bridgehead atoms. The van der Waals surface area contributed by atoms with E-state index in [9.17, 15) is 4.79 Å². The summed E-state index contributed by atoms with van der Waals surface area (Å²) in [7, 11) is 0. The summed E-state index contributed by atoms with van der Waals surface area (Å²) in [5.41, 5.74) is 5.55. The molecule has 2 aromatic carbocycles. The number of fused-ring (bicyclic) bond motifs is 1. The number of thioether (sulfide) groups is 1. The van der Waals surface area contributed by atoms with Crippen molar-refractivity contribution in [3.63, 3.8) is 0 Å². The molecule has 0 atom stereocenters. The van der Waals surface area contributed by atoms with E-state index in [1.54, 1.807) is 17.7 Å². The normalized spacial score (nSPS) is 11.0. The predicted octanol–water partition coefficient (Wildman–Crippen LogP) is 5.96. The first-order chi connectivity index (χ1) is 14.1. The summed E-state index contributed by atoms with van der Waals surface area (Å²) in [4.78, 5) is 22.2. The number of hydrogen-bond donors (Lipinski definition) is 1. The zero-order valence-corrected chi connectivity index (χ0v) is 17.9. The molecule has 0 fully saturated rings. The zero-order chi connectivity index (χ0) is 20.2. The highest BCUT2D eigenvalue weighted by Crippen LogP contribution is 2.37. The number of hydrogen-bond acceptors (Lipinski definition) is 5. The van der Waals surface area contributed by atoms with Crippen molar-refractivity contribution in [2.24, 2.45) is 0 Å². The molecule has 1 amide bonds. The molecule has 6 heteroatoms. The van der Waals surface area contributed by atoms with Crippen LogP contribution < -0.4 is 5.32 Å². The van der Waals surface area contributed by atoms with Gasteiger partial charge in [0.05, 0.1) is 11.1 Å². The number of benzene rings is 2. The van der Waals surface area contributed by atoms with Gasteiger partial charge in [0.15, 0.2) is 0 Å². The lowest BCUT2D eigenvalue weighted by Crippen LogP contribution is -2.14. The number of anilines is 1. The summed E-state index contributed by atoms with van der Waals surface area (Å²) in [5.74, 6) is 0.253. The number of carbonyl (C=O) groups is 1. The summed E-state index contributed by atoms with van der Waals surface area (Å²) in [6.07, 6.45) is 2.55. The minimum absolute atomic E-state index is 0.0434. The van der Waals surface area contributed by atoms with Crippen LogP contribution in [-0.4, -0.2) is 21.6 Å². The molecule has 2 heterocycles. The van der Waals surface area contributed by atoms with E-state index in [0.717, 1.165) is 38.5 Å². The number of aromatic nitrogens is 2. The molecule has 4 aromatic rings. The standard InChI is InChI=1S/C23H21N3OS2/c1-3-16-6-10-18(11-7-16)26-20(27)13-29-23-21-19(12-28-22(21)24-14-25-23)17-8-4-15(2)5-9-17/h4-12,14H,3,13H2,1-2H3,(H,26,27). The van der Waals surface area contributed by atoms with Crippen LogP contribution in [0.2, 0.25) is 0 Å². The van der Waals surface area contributed by atoms with Gasteiger partial charge >= 0.3 is 0 Å². The Morgan fingerprint density at radius 1 is 1.07 bits per heavy atom. The van der Waals surface area contributed by atoms with Crippen molar-refractivity contribution in [3.8, 4) is 11.1 Å². The molecule has 2 aromatic heterocycles. The molecular formula is C23H21N3OS2. The maximum atomic E-state index is 12.4. The lowest BCUT2D eigenvalue weighted by Gasteiger charge is -2.07. The smallest absolute Gasteiger partial charge is 0.234 e. The van der Waals surface area contributed by atoms with Crippen LogP contribution in [0.15, 0.2) is 65.3 Å². The largest absolute Gasteiger partial charge is 0.325 e. The average Bonchev–Trinajstić information content (AvgIpc) is 3.18. The highest BCUT2D eigenvalue weighted by atomic mass is 32.2. The number of amides is 1. The van der Waals surface area contributed by atoms with Gasteiger partial charge in [-0.05, 0) is 36.6 Å². The van der Waals surface area contributed by atoms with Crippen molar-refractivity contribution in [3.05, 3.63) is 71.4 Å². The molecule has 146 valence electrons. The minimum atomic E-state index is -0.0434. The van der Waals surface area contributed by atoms with Gasteiger partial charge in [0.25, 0.3) is 0 Å². The Bertz CT molecular complexity index is 1140. The topological polar surface area (TPSA) is 54.9 Å². The van der Waals surface area contributed by atoms with E-state index >= 15 is 0 Å². The van der Waals surface area contributed by atoms with Gasteiger partial charge in [-0.25, -0.2) is 9.97 Å². The maximum absolute atomic E-state index is 12.4. The fourth-order valence-corrected chi connectivity index (χ4v) is 4.85. The number of nitrogens with zero attached hydrogens (tertiary/aromatic N) is 2. The van der Waals surface area contributed by atoms with E-state index in [1.165, 1.54) is 22.9 Å². The molecular weight excluding hydrogens is 398 g/mol. The van der Waals surface area contributed by atoms with Crippen LogP contribution in [0, 0.1) is 6.92 Å². The Labute approximate surface area is 178 Å². The van der Waals surface area contributed by atoms with E-state index in [-0.39, 0.29) is 5.91 Å². The Balaban J connectivity index is 1.52. The summed E-state index contributed by atoms with van der Waals surface area (Å²) in [6.45, 7) is 4.19. The van der Waals surface area contributed by atoms with Crippen LogP contribution in [0.4, 0.5) is 5.69 Å². The van der Waals surface area contributed by atoms with Crippen molar-refractivity contribution in [1.82, 2.24) is 9.97 Å². The second kappa shape index (κ2) is 8.76. The van der Waals surface area contributed by atoms with Gasteiger partial charge in [-0.2, -0.15) is 0 Å². The van der Waals surface area contributed by atoms with Crippen molar-refractivity contribution in [1.29, 1.82) is 0 Å². The van der Waals surface area contributed by atoms with Crippen molar-refractivity contribution in [2.75, 3.05) is 11.1 Å². The SMILES string of the molecule is CCc1ccc(NC(=O)CSc2ncnc3scc(-c4ccc(C)cc4)c23)cc1. The molecule has 0 aliphatic heterocycles. The third-order valence-corrected chi connectivity index (χ3v) is 6.56. The van der Waals surface area contributed by atoms with Gasteiger partial charge in [0, 0.05) is 16.6 Å². The Hall–Kier alpha value is -2.70. The van der Waals surface area contributed by atoms with Crippen LogP contribution >= 0.6 is 23.1 Å². The van der Waals surface area contributed by atoms with E-state index < -0.39 is 0 Å². The van der Waals surface area contributed by atoms with Gasteiger partial charge in [0.2, 0.25) is 5.91 Å². The van der Waals surface area contributed by atoms with Crippen molar-refractivity contribution < 1.29 is 4.79 Å². The molecule has 0 unspecified atom stereocenters. The molecule has 0 saturated heterocycles. The first-order valence-corrected chi connectivity index (χ1v) is 11.3. The molecule has 0 radical (unpaired) electrons. The van der Waals surface area contributed by atoms with E-state index in [1.807, 2.05) is 24.3 Å². The number of aryl methyl sites for hydroxylation is 2. The summed E-state index contributed by atoms with van der Waals surface area (Å²) in [5, 5.41) is 6.93. The van der Waals surface area contributed by atoms with Crippen LogP contribution in [0.3, 0.4) is 0 Å². The minimum Gasteiger partial charge on any atom is -0.325 e. The highest BCUT2D eigenvalue weighted by molar-refractivity contribution is 8.00. The summed E-state index contributed by atoms with van der Waals surface area (Å²) < 4.78 is 0. The first kappa shape index (κ1) is 19.6. The fraction of sp³-hybridized carbons (Fsp3) is 0.174. The average molecular weight is 420 g/mol. The lowest BCUT2D eigenvalue weighted by molar-refractivity contribution is -0.113. The number of thiophene rings is 1. The predicted molar refractivity (Wildman–Crippen MR) is 123 cm³/mol. The van der Waals surface area contributed by atoms with Gasteiger partial charge in [-0.1, -0.05) is 60.6 Å². The molecule has 0 saturated carbocycles. The monoisotopic (exact) mass is 419 g/mol. The van der Waals surface area contributed by atoms with Gasteiger partial charge < -0.3 is 5.32 Å². The molecule has 0 spiro atoms. The maximum Gasteiger partial charge on any atom is 0.234 e. The Morgan fingerprint density at radius 2 is 1.83 bits per heavy atom. The Kier molecular flexibility index (Phi) is 5.92. The van der Waals surface area contributed by atoms with Gasteiger partial charge in [-0.15, -0.1) is 11.3 Å². The number of nitrogens with one attached hydrogen (secondary N) is 1. The van der Waals surface area contributed by atoms with E-state index in [0.29, 0.717) is 5.75 Å². The third kappa shape index (κ3) is 4.49. The summed E-state index contributed by atoms with van der Waals surface area (Å²) >= 11 is 3.05. The number of carbonyl (C=O) groups excluding carboxylic acids is 1. The van der Waals surface area contributed by atoms with E-state index in [2.05, 4.69) is 58.8 Å². The van der Waals surface area contributed by atoms with Gasteiger partial charge in [0.1, 0.15) is 16.2 Å².